The number of ether oxygens (including phenoxy) is 1. The van der Waals surface area contributed by atoms with Crippen molar-refractivity contribution in [2.75, 3.05) is 19.6 Å². The monoisotopic (exact) mass is 534 g/mol. The molecule has 1 saturated heterocycles. The van der Waals surface area contributed by atoms with Crippen LogP contribution in [-0.2, 0) is 17.8 Å². The molecule has 0 bridgehead atoms. The lowest BCUT2D eigenvalue weighted by molar-refractivity contribution is 0.0193. The van der Waals surface area contributed by atoms with Gasteiger partial charge in [0.25, 0.3) is 0 Å². The first-order valence-electron chi connectivity index (χ1n) is 10.7. The fourth-order valence-electron chi connectivity index (χ4n) is 3.30. The van der Waals surface area contributed by atoms with Gasteiger partial charge in [0, 0.05) is 44.6 Å². The highest BCUT2D eigenvalue weighted by Crippen LogP contribution is 2.15. The fraction of sp³-hybridized carbons (Fsp3) is 0.762. The van der Waals surface area contributed by atoms with Gasteiger partial charge in [-0.15, -0.1) is 24.0 Å². The van der Waals surface area contributed by atoms with Crippen molar-refractivity contribution in [3.8, 4) is 0 Å². The zero-order chi connectivity index (χ0) is 21.4. The van der Waals surface area contributed by atoms with Crippen LogP contribution in [0, 0.1) is 5.92 Å². The molecule has 0 radical (unpaired) electrons. The summed E-state index contributed by atoms with van der Waals surface area (Å²) >= 11 is 0. The standard InChI is InChI=1S/C21H38N6O2.HI/c1-7-22-19(24-13-18-23-10-12-26(18)14-16(2)3)25-17-9-8-11-27(15-17)20(28)29-21(4,5)6;/h10,12,16-17H,7-9,11,13-15H2,1-6H3,(H2,22,24,25);1H. The van der Waals surface area contributed by atoms with E-state index < -0.39 is 5.60 Å². The first-order chi connectivity index (χ1) is 13.7. The molecule has 0 spiro atoms. The molecule has 1 aromatic heterocycles. The van der Waals surface area contributed by atoms with E-state index in [-0.39, 0.29) is 36.1 Å². The van der Waals surface area contributed by atoms with Gasteiger partial charge >= 0.3 is 6.09 Å². The molecule has 1 fully saturated rings. The van der Waals surface area contributed by atoms with Crippen LogP contribution in [0.5, 0.6) is 0 Å². The lowest BCUT2D eigenvalue weighted by Gasteiger charge is -2.35. The molecule has 172 valence electrons. The number of nitrogens with zero attached hydrogens (tertiary/aromatic N) is 4. The van der Waals surface area contributed by atoms with Crippen molar-refractivity contribution in [3.05, 3.63) is 18.2 Å². The van der Waals surface area contributed by atoms with Crippen LogP contribution in [0.25, 0.3) is 0 Å². The molecule has 1 aromatic rings. The van der Waals surface area contributed by atoms with Gasteiger partial charge in [0.05, 0.1) is 0 Å². The van der Waals surface area contributed by atoms with Crippen molar-refractivity contribution in [2.45, 2.75) is 79.1 Å². The minimum atomic E-state index is -0.480. The second-order valence-electron chi connectivity index (χ2n) is 8.99. The Kier molecular flexibility index (Phi) is 10.9. The Balaban J connectivity index is 0.00000450. The number of aromatic nitrogens is 2. The summed E-state index contributed by atoms with van der Waals surface area (Å²) in [6, 6.07) is 0.143. The van der Waals surface area contributed by atoms with Crippen molar-refractivity contribution in [1.82, 2.24) is 25.1 Å². The van der Waals surface area contributed by atoms with E-state index in [2.05, 4.69) is 34.0 Å². The number of guanidine groups is 1. The van der Waals surface area contributed by atoms with Crippen LogP contribution in [0.2, 0.25) is 0 Å². The van der Waals surface area contributed by atoms with Crippen LogP contribution in [0.3, 0.4) is 0 Å². The van der Waals surface area contributed by atoms with Gasteiger partial charge in [-0.05, 0) is 46.5 Å². The molecule has 8 nitrogen and oxygen atoms in total. The first kappa shape index (κ1) is 26.5. The molecule has 0 saturated carbocycles. The van der Waals surface area contributed by atoms with Gasteiger partial charge in [-0.25, -0.2) is 14.8 Å². The van der Waals surface area contributed by atoms with Gasteiger partial charge in [0.1, 0.15) is 18.0 Å². The summed E-state index contributed by atoms with van der Waals surface area (Å²) < 4.78 is 7.68. The van der Waals surface area contributed by atoms with Crippen LogP contribution in [0.1, 0.15) is 60.2 Å². The lowest BCUT2D eigenvalue weighted by Crippen LogP contribution is -2.53. The Bertz CT molecular complexity index is 683. The maximum Gasteiger partial charge on any atom is 0.410 e. The Morgan fingerprint density at radius 2 is 2.13 bits per heavy atom. The average molecular weight is 534 g/mol. The zero-order valence-electron chi connectivity index (χ0n) is 19.3. The molecule has 1 aliphatic rings. The number of aliphatic imine (C=N–C) groups is 1. The number of hydrogen-bond donors (Lipinski definition) is 2. The van der Waals surface area contributed by atoms with Crippen LogP contribution < -0.4 is 10.6 Å². The normalized spacial score (nSPS) is 17.5. The predicted octanol–water partition coefficient (Wildman–Crippen LogP) is 3.61. The molecule has 2 rings (SSSR count). The highest BCUT2D eigenvalue weighted by Gasteiger charge is 2.28. The number of carbonyl (C=O) groups excluding carboxylic acids is 1. The topological polar surface area (TPSA) is 83.8 Å². The number of likely N-dealkylation sites (tertiary alicyclic amines) is 1. The van der Waals surface area contributed by atoms with E-state index in [1.165, 1.54) is 0 Å². The molecule has 0 aliphatic carbocycles. The summed E-state index contributed by atoms with van der Waals surface area (Å²) in [7, 11) is 0. The number of halogens is 1. The molecular weight excluding hydrogens is 495 g/mol. The van der Waals surface area contributed by atoms with Crippen molar-refractivity contribution in [3.63, 3.8) is 0 Å². The van der Waals surface area contributed by atoms with E-state index in [9.17, 15) is 4.79 Å². The van der Waals surface area contributed by atoms with Gasteiger partial charge in [0.15, 0.2) is 5.96 Å². The summed E-state index contributed by atoms with van der Waals surface area (Å²) in [5.41, 5.74) is -0.480. The van der Waals surface area contributed by atoms with Gasteiger partial charge < -0.3 is 24.8 Å². The largest absolute Gasteiger partial charge is 0.444 e. The van der Waals surface area contributed by atoms with E-state index in [0.717, 1.165) is 44.3 Å². The van der Waals surface area contributed by atoms with Crippen molar-refractivity contribution >= 4 is 36.0 Å². The Morgan fingerprint density at radius 3 is 2.77 bits per heavy atom. The fourth-order valence-corrected chi connectivity index (χ4v) is 3.30. The molecule has 2 heterocycles. The van der Waals surface area contributed by atoms with Gasteiger partial charge in [-0.3, -0.25) is 0 Å². The number of amides is 1. The van der Waals surface area contributed by atoms with E-state index >= 15 is 0 Å². The maximum absolute atomic E-state index is 12.4. The third kappa shape index (κ3) is 9.09. The van der Waals surface area contributed by atoms with Crippen molar-refractivity contribution < 1.29 is 9.53 Å². The summed E-state index contributed by atoms with van der Waals surface area (Å²) in [6.07, 6.45) is 5.51. The van der Waals surface area contributed by atoms with Crippen molar-refractivity contribution in [2.24, 2.45) is 10.9 Å². The van der Waals surface area contributed by atoms with E-state index in [0.29, 0.717) is 19.0 Å². The molecular formula is C21H39IN6O2. The maximum atomic E-state index is 12.4. The first-order valence-corrected chi connectivity index (χ1v) is 10.7. The highest BCUT2D eigenvalue weighted by atomic mass is 127. The van der Waals surface area contributed by atoms with Crippen LogP contribution in [0.15, 0.2) is 17.4 Å². The van der Waals surface area contributed by atoms with Gasteiger partial charge in [0.2, 0.25) is 0 Å². The van der Waals surface area contributed by atoms with Crippen LogP contribution >= 0.6 is 24.0 Å². The van der Waals surface area contributed by atoms with E-state index in [4.69, 9.17) is 9.73 Å². The summed E-state index contributed by atoms with van der Waals surface area (Å²) in [6.45, 7) is 15.7. The van der Waals surface area contributed by atoms with Gasteiger partial charge in [-0.1, -0.05) is 13.8 Å². The zero-order valence-corrected chi connectivity index (χ0v) is 21.6. The quantitative estimate of drug-likeness (QED) is 0.331. The molecule has 0 aromatic carbocycles. The smallest absolute Gasteiger partial charge is 0.410 e. The molecule has 1 unspecified atom stereocenters. The number of nitrogens with one attached hydrogen (secondary N) is 2. The van der Waals surface area contributed by atoms with E-state index in [1.54, 1.807) is 4.90 Å². The molecule has 1 amide bonds. The third-order valence-electron chi connectivity index (χ3n) is 4.50. The predicted molar refractivity (Wildman–Crippen MR) is 131 cm³/mol. The highest BCUT2D eigenvalue weighted by molar-refractivity contribution is 14.0. The van der Waals surface area contributed by atoms with Gasteiger partial charge in [-0.2, -0.15) is 0 Å². The summed E-state index contributed by atoms with van der Waals surface area (Å²) in [4.78, 5) is 23.4. The minimum Gasteiger partial charge on any atom is -0.444 e. The van der Waals surface area contributed by atoms with Crippen LogP contribution in [0.4, 0.5) is 4.79 Å². The SMILES string of the molecule is CCNC(=NCc1nccn1CC(C)C)NC1CCCN(C(=O)OC(C)(C)C)C1.I. The molecule has 9 heteroatoms. The molecule has 1 atom stereocenters. The second-order valence-corrected chi connectivity index (χ2v) is 8.99. The van der Waals surface area contributed by atoms with Crippen molar-refractivity contribution in [1.29, 1.82) is 0 Å². The number of rotatable bonds is 6. The molecule has 1 aliphatic heterocycles. The second kappa shape index (κ2) is 12.4. The third-order valence-corrected chi connectivity index (χ3v) is 4.50. The average Bonchev–Trinajstić information content (AvgIpc) is 3.05. The number of hydrogen-bond acceptors (Lipinski definition) is 4. The number of imidazole rings is 1. The molecule has 2 N–H and O–H groups in total. The Labute approximate surface area is 198 Å². The summed E-state index contributed by atoms with van der Waals surface area (Å²) in [5.74, 6) is 2.26. The Morgan fingerprint density at radius 1 is 1.40 bits per heavy atom. The minimum absolute atomic E-state index is 0. The lowest BCUT2D eigenvalue weighted by atomic mass is 10.1. The van der Waals surface area contributed by atoms with Crippen LogP contribution in [-0.4, -0.2) is 57.8 Å². The Hall–Kier alpha value is -1.52. The number of piperidine rings is 1. The summed E-state index contributed by atoms with van der Waals surface area (Å²) in [5, 5.41) is 6.78. The van der Waals surface area contributed by atoms with E-state index in [1.807, 2.05) is 40.1 Å². The number of carbonyl (C=O) groups is 1. The molecule has 30 heavy (non-hydrogen) atoms.